The summed E-state index contributed by atoms with van der Waals surface area (Å²) in [5, 5.41) is 0.715. The second-order valence-electron chi connectivity index (χ2n) is 3.96. The van der Waals surface area contributed by atoms with Gasteiger partial charge in [-0.05, 0) is 46.9 Å². The molecule has 96 valence electrons. The summed E-state index contributed by atoms with van der Waals surface area (Å²) in [6.45, 7) is 0. The van der Waals surface area contributed by atoms with Crippen LogP contribution in [0.15, 0.2) is 36.7 Å². The molecule has 0 aliphatic carbocycles. The molecular formula is C13H8Cl2IN3. The van der Waals surface area contributed by atoms with Gasteiger partial charge in [0.05, 0.1) is 23.3 Å². The van der Waals surface area contributed by atoms with Gasteiger partial charge in [-0.2, -0.15) is 0 Å². The van der Waals surface area contributed by atoms with Crippen LogP contribution in [0.25, 0.3) is 16.7 Å². The Labute approximate surface area is 133 Å². The smallest absolute Gasteiger partial charge is 0.129 e. The summed E-state index contributed by atoms with van der Waals surface area (Å²) in [5.74, 6) is 1.14. The van der Waals surface area contributed by atoms with E-state index in [1.165, 1.54) is 0 Å². The topological polar surface area (TPSA) is 30.7 Å². The van der Waals surface area contributed by atoms with Gasteiger partial charge in [-0.3, -0.25) is 9.55 Å². The van der Waals surface area contributed by atoms with Gasteiger partial charge in [-0.1, -0.05) is 11.6 Å². The number of rotatable bonds is 2. The number of halogens is 3. The van der Waals surface area contributed by atoms with Gasteiger partial charge in [0, 0.05) is 14.8 Å². The standard InChI is InChI=1S/C13H8Cl2IN3/c14-6-13-18-10-7-17-4-3-12(10)19(13)11-2-1-8(15)5-9(11)16/h1-5,7H,6H2. The lowest BCUT2D eigenvalue weighted by molar-refractivity contribution is 0.977. The fraction of sp³-hybridized carbons (Fsp3) is 0.0769. The summed E-state index contributed by atoms with van der Waals surface area (Å²) in [7, 11) is 0. The Morgan fingerprint density at radius 2 is 2.11 bits per heavy atom. The van der Waals surface area contributed by atoms with E-state index in [1.54, 1.807) is 12.4 Å². The van der Waals surface area contributed by atoms with Crippen LogP contribution in [0.1, 0.15) is 5.82 Å². The second-order valence-corrected chi connectivity index (χ2v) is 5.82. The van der Waals surface area contributed by atoms with Gasteiger partial charge in [-0.25, -0.2) is 4.98 Å². The van der Waals surface area contributed by atoms with E-state index in [0.717, 1.165) is 26.1 Å². The number of hydrogen-bond acceptors (Lipinski definition) is 2. The minimum Gasteiger partial charge on any atom is -0.294 e. The fourth-order valence-corrected chi connectivity index (χ4v) is 3.30. The molecule has 0 saturated carbocycles. The normalized spacial score (nSPS) is 11.1. The number of nitrogens with zero attached hydrogens (tertiary/aromatic N) is 3. The number of aromatic nitrogens is 3. The van der Waals surface area contributed by atoms with Crippen LogP contribution in [0.5, 0.6) is 0 Å². The SMILES string of the molecule is ClCc1nc2cnccc2n1-c1ccc(Cl)cc1I. The van der Waals surface area contributed by atoms with Gasteiger partial charge in [0.1, 0.15) is 11.3 Å². The average molecular weight is 404 g/mol. The minimum atomic E-state index is 0.341. The minimum absolute atomic E-state index is 0.341. The van der Waals surface area contributed by atoms with Gasteiger partial charge in [0.2, 0.25) is 0 Å². The zero-order chi connectivity index (χ0) is 13.4. The van der Waals surface area contributed by atoms with E-state index in [2.05, 4.69) is 32.6 Å². The summed E-state index contributed by atoms with van der Waals surface area (Å²) in [4.78, 5) is 8.59. The van der Waals surface area contributed by atoms with E-state index in [1.807, 2.05) is 28.8 Å². The van der Waals surface area contributed by atoms with E-state index in [9.17, 15) is 0 Å². The van der Waals surface area contributed by atoms with Gasteiger partial charge < -0.3 is 0 Å². The first-order valence-corrected chi connectivity index (χ1v) is 7.52. The summed E-state index contributed by atoms with van der Waals surface area (Å²) in [6, 6.07) is 7.69. The highest BCUT2D eigenvalue weighted by Gasteiger charge is 2.13. The molecule has 0 bridgehead atoms. The summed E-state index contributed by atoms with van der Waals surface area (Å²) < 4.78 is 3.09. The van der Waals surface area contributed by atoms with Gasteiger partial charge >= 0.3 is 0 Å². The Morgan fingerprint density at radius 1 is 1.26 bits per heavy atom. The number of benzene rings is 1. The van der Waals surface area contributed by atoms with Crippen LogP contribution >= 0.6 is 45.8 Å². The first kappa shape index (κ1) is 13.1. The highest BCUT2D eigenvalue weighted by molar-refractivity contribution is 14.1. The first-order valence-electron chi connectivity index (χ1n) is 5.53. The third kappa shape index (κ3) is 2.32. The van der Waals surface area contributed by atoms with Crippen LogP contribution in [0.3, 0.4) is 0 Å². The molecule has 2 aromatic heterocycles. The average Bonchev–Trinajstić information content (AvgIpc) is 2.77. The molecule has 0 spiro atoms. The number of fused-ring (bicyclic) bond motifs is 1. The maximum absolute atomic E-state index is 6.00. The predicted molar refractivity (Wildman–Crippen MR) is 86.1 cm³/mol. The highest BCUT2D eigenvalue weighted by atomic mass is 127. The van der Waals surface area contributed by atoms with E-state index in [0.29, 0.717) is 10.9 Å². The van der Waals surface area contributed by atoms with Crippen molar-refractivity contribution in [2.24, 2.45) is 0 Å². The maximum Gasteiger partial charge on any atom is 0.129 e. The van der Waals surface area contributed by atoms with Gasteiger partial charge in [-0.15, -0.1) is 11.6 Å². The predicted octanol–water partition coefficient (Wildman–Crippen LogP) is 4.42. The van der Waals surface area contributed by atoms with Crippen LogP contribution in [0.4, 0.5) is 0 Å². The molecule has 0 saturated heterocycles. The quantitative estimate of drug-likeness (QED) is 0.468. The lowest BCUT2D eigenvalue weighted by Crippen LogP contribution is -2.01. The molecule has 0 atom stereocenters. The van der Waals surface area contributed by atoms with Crippen LogP contribution in [-0.4, -0.2) is 14.5 Å². The third-order valence-electron chi connectivity index (χ3n) is 2.80. The van der Waals surface area contributed by atoms with Crippen molar-refractivity contribution in [3.8, 4) is 5.69 Å². The Bertz CT molecular complexity index is 755. The van der Waals surface area contributed by atoms with E-state index in [-0.39, 0.29) is 0 Å². The molecule has 3 rings (SSSR count). The number of pyridine rings is 1. The largest absolute Gasteiger partial charge is 0.294 e. The Kier molecular flexibility index (Phi) is 3.64. The van der Waals surface area contributed by atoms with Crippen LogP contribution in [0.2, 0.25) is 5.02 Å². The molecular weight excluding hydrogens is 396 g/mol. The van der Waals surface area contributed by atoms with Crippen molar-refractivity contribution in [1.82, 2.24) is 14.5 Å². The molecule has 0 amide bonds. The van der Waals surface area contributed by atoms with E-state index < -0.39 is 0 Å². The molecule has 19 heavy (non-hydrogen) atoms. The van der Waals surface area contributed by atoms with Crippen molar-refractivity contribution in [1.29, 1.82) is 0 Å². The number of hydrogen-bond donors (Lipinski definition) is 0. The molecule has 3 nitrogen and oxygen atoms in total. The molecule has 1 aromatic carbocycles. The van der Waals surface area contributed by atoms with Crippen molar-refractivity contribution >= 4 is 56.8 Å². The van der Waals surface area contributed by atoms with Crippen LogP contribution < -0.4 is 0 Å². The summed E-state index contributed by atoms with van der Waals surface area (Å²) in [5.41, 5.74) is 2.85. The zero-order valence-electron chi connectivity index (χ0n) is 9.65. The van der Waals surface area contributed by atoms with Crippen molar-refractivity contribution in [3.63, 3.8) is 0 Å². The first-order chi connectivity index (χ1) is 9.20. The van der Waals surface area contributed by atoms with E-state index in [4.69, 9.17) is 23.2 Å². The Morgan fingerprint density at radius 3 is 2.84 bits per heavy atom. The van der Waals surface area contributed by atoms with Gasteiger partial charge in [0.25, 0.3) is 0 Å². The molecule has 0 aliphatic rings. The molecule has 0 fully saturated rings. The maximum atomic E-state index is 6.00. The third-order valence-corrected chi connectivity index (χ3v) is 4.13. The summed E-state index contributed by atoms with van der Waals surface area (Å²) in [6.07, 6.45) is 3.49. The Balaban J connectivity index is 2.34. The van der Waals surface area contributed by atoms with Crippen molar-refractivity contribution < 1.29 is 0 Å². The summed E-state index contributed by atoms with van der Waals surface area (Å²) >= 11 is 14.3. The molecule has 6 heteroatoms. The lowest BCUT2D eigenvalue weighted by atomic mass is 10.3. The zero-order valence-corrected chi connectivity index (χ0v) is 13.3. The fourth-order valence-electron chi connectivity index (χ4n) is 2.00. The molecule has 0 unspecified atom stereocenters. The number of imidazole rings is 1. The lowest BCUT2D eigenvalue weighted by Gasteiger charge is -2.10. The van der Waals surface area contributed by atoms with Crippen LogP contribution in [-0.2, 0) is 5.88 Å². The van der Waals surface area contributed by atoms with Gasteiger partial charge in [0.15, 0.2) is 0 Å². The molecule has 0 aliphatic heterocycles. The van der Waals surface area contributed by atoms with Crippen molar-refractivity contribution in [2.75, 3.05) is 0 Å². The highest BCUT2D eigenvalue weighted by Crippen LogP contribution is 2.27. The molecule has 0 radical (unpaired) electrons. The molecule has 2 heterocycles. The molecule has 0 N–H and O–H groups in total. The monoisotopic (exact) mass is 403 g/mol. The van der Waals surface area contributed by atoms with Crippen molar-refractivity contribution in [3.05, 3.63) is 51.1 Å². The second kappa shape index (κ2) is 5.26. The van der Waals surface area contributed by atoms with E-state index >= 15 is 0 Å². The Hall–Kier alpha value is -0.850. The number of alkyl halides is 1. The molecule has 3 aromatic rings. The van der Waals surface area contributed by atoms with Crippen molar-refractivity contribution in [2.45, 2.75) is 5.88 Å². The van der Waals surface area contributed by atoms with Crippen LogP contribution in [0, 0.1) is 3.57 Å².